The van der Waals surface area contributed by atoms with Crippen LogP contribution in [0.3, 0.4) is 0 Å². The third-order valence-corrected chi connectivity index (χ3v) is 13.8. The summed E-state index contributed by atoms with van der Waals surface area (Å²) in [6.45, 7) is 4.20. The van der Waals surface area contributed by atoms with Crippen LogP contribution in [0.15, 0.2) is 12.2 Å². The minimum atomic E-state index is -0.766. The van der Waals surface area contributed by atoms with Gasteiger partial charge in [0.15, 0.2) is 6.10 Å². The Balaban J connectivity index is 3.40. The minimum Gasteiger partial charge on any atom is -0.462 e. The lowest BCUT2D eigenvalue weighted by molar-refractivity contribution is -0.161. The lowest BCUT2D eigenvalue weighted by atomic mass is 10.0. The summed E-state index contributed by atoms with van der Waals surface area (Å²) in [6.07, 6.45) is 70.6. The minimum absolute atomic E-state index is 0.0575. The SMILES string of the molecule is CCCCCCCCCC/C=C\CCCCCCCCCCCCCCCCCC(=O)OC(CO)COC(=O)CCCCCCCCCCCCCCCCCCCCCCCCCC. The van der Waals surface area contributed by atoms with E-state index in [1.54, 1.807) is 0 Å². The van der Waals surface area contributed by atoms with Gasteiger partial charge in [-0.05, 0) is 38.5 Å². The zero-order valence-corrected chi connectivity index (χ0v) is 44.3. The van der Waals surface area contributed by atoms with Gasteiger partial charge in [0.2, 0.25) is 0 Å². The number of carbonyl (C=O) groups excluding carboxylic acids is 2. The summed E-state index contributed by atoms with van der Waals surface area (Å²) in [5.74, 6) is -0.566. The van der Waals surface area contributed by atoms with Gasteiger partial charge in [-0.3, -0.25) is 9.59 Å². The number of esters is 2. The van der Waals surface area contributed by atoms with E-state index in [0.717, 1.165) is 32.1 Å². The van der Waals surface area contributed by atoms with Gasteiger partial charge in [-0.1, -0.05) is 302 Å². The number of hydrogen-bond acceptors (Lipinski definition) is 5. The summed E-state index contributed by atoms with van der Waals surface area (Å²) in [7, 11) is 0. The fraction of sp³-hybridized carbons (Fsp3) is 0.933. The van der Waals surface area contributed by atoms with Crippen LogP contribution in [0, 0.1) is 0 Å². The molecule has 0 radical (unpaired) electrons. The van der Waals surface area contributed by atoms with Crippen LogP contribution in [0.5, 0.6) is 0 Å². The highest BCUT2D eigenvalue weighted by Crippen LogP contribution is 2.18. The predicted octanol–water partition coefficient (Wildman–Crippen LogP) is 19.9. The number of carbonyl (C=O) groups is 2. The summed E-state index contributed by atoms with van der Waals surface area (Å²) < 4.78 is 10.7. The maximum atomic E-state index is 12.3. The lowest BCUT2D eigenvalue weighted by Crippen LogP contribution is -2.28. The molecule has 0 amide bonds. The molecule has 0 aliphatic carbocycles. The summed E-state index contributed by atoms with van der Waals surface area (Å²) in [5, 5.41) is 9.66. The van der Waals surface area contributed by atoms with Crippen molar-refractivity contribution in [3.63, 3.8) is 0 Å². The molecule has 1 atom stereocenters. The van der Waals surface area contributed by atoms with Crippen LogP contribution in [0.1, 0.15) is 341 Å². The molecule has 0 aliphatic rings. The fourth-order valence-electron chi connectivity index (χ4n) is 9.32. The molecule has 0 rings (SSSR count). The van der Waals surface area contributed by atoms with E-state index in [-0.39, 0.29) is 25.2 Å². The van der Waals surface area contributed by atoms with Gasteiger partial charge in [0.05, 0.1) is 6.61 Å². The lowest BCUT2D eigenvalue weighted by Gasteiger charge is -2.15. The highest BCUT2D eigenvalue weighted by Gasteiger charge is 2.16. The van der Waals surface area contributed by atoms with Crippen molar-refractivity contribution in [2.24, 2.45) is 0 Å². The van der Waals surface area contributed by atoms with E-state index in [2.05, 4.69) is 26.0 Å². The molecule has 0 aromatic rings. The van der Waals surface area contributed by atoms with E-state index in [0.29, 0.717) is 12.8 Å². The van der Waals surface area contributed by atoms with E-state index in [1.165, 1.54) is 283 Å². The number of ether oxygens (including phenoxy) is 2. The number of hydrogen-bond donors (Lipinski definition) is 1. The van der Waals surface area contributed by atoms with Crippen LogP contribution in [0.4, 0.5) is 0 Å². The number of allylic oxidation sites excluding steroid dienone is 2. The van der Waals surface area contributed by atoms with Gasteiger partial charge < -0.3 is 14.6 Å². The second-order valence-corrected chi connectivity index (χ2v) is 20.4. The zero-order chi connectivity index (χ0) is 47.0. The van der Waals surface area contributed by atoms with E-state index in [4.69, 9.17) is 9.47 Å². The van der Waals surface area contributed by atoms with Crippen molar-refractivity contribution in [1.82, 2.24) is 0 Å². The van der Waals surface area contributed by atoms with Crippen molar-refractivity contribution in [2.45, 2.75) is 347 Å². The van der Waals surface area contributed by atoms with Crippen molar-refractivity contribution in [3.05, 3.63) is 12.2 Å². The van der Waals surface area contributed by atoms with Crippen molar-refractivity contribution in [3.8, 4) is 0 Å². The van der Waals surface area contributed by atoms with Gasteiger partial charge in [-0.25, -0.2) is 0 Å². The molecule has 0 aliphatic heterocycles. The molecule has 1 N–H and O–H groups in total. The second kappa shape index (κ2) is 57.0. The van der Waals surface area contributed by atoms with Crippen LogP contribution in [0.2, 0.25) is 0 Å². The van der Waals surface area contributed by atoms with Gasteiger partial charge in [0.25, 0.3) is 0 Å². The third-order valence-electron chi connectivity index (χ3n) is 13.8. The molecule has 1 unspecified atom stereocenters. The number of unbranched alkanes of at least 4 members (excludes halogenated alkanes) is 46. The first-order valence-electron chi connectivity index (χ1n) is 29.7. The van der Waals surface area contributed by atoms with Crippen LogP contribution in [-0.4, -0.2) is 36.4 Å². The van der Waals surface area contributed by atoms with Crippen molar-refractivity contribution < 1.29 is 24.2 Å². The standard InChI is InChI=1S/C60H116O5/c1-3-5-7-9-11-13-15-17-19-21-23-25-27-29-30-31-33-35-37-39-41-43-45-47-49-51-53-55-60(63)65-58(56-61)57-64-59(62)54-52-50-48-46-44-42-40-38-36-34-32-28-26-24-22-20-18-16-14-12-10-8-6-4-2/h21,23,58,61H,3-20,22,24-57H2,1-2H3/b23-21-. The van der Waals surface area contributed by atoms with Crippen LogP contribution < -0.4 is 0 Å². The molecular formula is C60H116O5. The largest absolute Gasteiger partial charge is 0.462 e. The first-order chi connectivity index (χ1) is 32.1. The van der Waals surface area contributed by atoms with Gasteiger partial charge in [0.1, 0.15) is 6.61 Å². The molecule has 0 saturated heterocycles. The highest BCUT2D eigenvalue weighted by atomic mass is 16.6. The van der Waals surface area contributed by atoms with E-state index in [1.807, 2.05) is 0 Å². The average molecular weight is 918 g/mol. The number of rotatable bonds is 56. The zero-order valence-electron chi connectivity index (χ0n) is 44.3. The van der Waals surface area contributed by atoms with Crippen molar-refractivity contribution in [2.75, 3.05) is 13.2 Å². The number of aliphatic hydroxyl groups excluding tert-OH is 1. The Morgan fingerprint density at radius 1 is 0.338 bits per heavy atom. The molecule has 65 heavy (non-hydrogen) atoms. The summed E-state index contributed by atoms with van der Waals surface area (Å²) in [6, 6.07) is 0. The highest BCUT2D eigenvalue weighted by molar-refractivity contribution is 5.70. The maximum absolute atomic E-state index is 12.3. The fourth-order valence-corrected chi connectivity index (χ4v) is 9.32. The molecule has 0 bridgehead atoms. The Morgan fingerprint density at radius 2 is 0.569 bits per heavy atom. The Labute approximate surface area is 407 Å². The molecule has 386 valence electrons. The van der Waals surface area contributed by atoms with E-state index < -0.39 is 6.10 Å². The molecule has 0 fully saturated rings. The summed E-state index contributed by atoms with van der Waals surface area (Å²) >= 11 is 0. The van der Waals surface area contributed by atoms with Gasteiger partial charge in [-0.2, -0.15) is 0 Å². The molecule has 5 heteroatoms. The molecule has 5 nitrogen and oxygen atoms in total. The first-order valence-corrected chi connectivity index (χ1v) is 29.7. The molecule has 0 spiro atoms. The van der Waals surface area contributed by atoms with Gasteiger partial charge in [-0.15, -0.1) is 0 Å². The molecule has 0 saturated carbocycles. The third kappa shape index (κ3) is 55.1. The van der Waals surface area contributed by atoms with Crippen LogP contribution in [-0.2, 0) is 19.1 Å². The topological polar surface area (TPSA) is 72.8 Å². The Morgan fingerprint density at radius 3 is 0.831 bits per heavy atom. The summed E-state index contributed by atoms with van der Waals surface area (Å²) in [4.78, 5) is 24.5. The van der Waals surface area contributed by atoms with Crippen molar-refractivity contribution in [1.29, 1.82) is 0 Å². The summed E-state index contributed by atoms with van der Waals surface area (Å²) in [5.41, 5.74) is 0. The predicted molar refractivity (Wildman–Crippen MR) is 284 cm³/mol. The molecular weight excluding hydrogens is 801 g/mol. The Bertz CT molecular complexity index is 948. The monoisotopic (exact) mass is 917 g/mol. The smallest absolute Gasteiger partial charge is 0.306 e. The quantitative estimate of drug-likeness (QED) is 0.0374. The number of aliphatic hydroxyl groups is 1. The van der Waals surface area contributed by atoms with Gasteiger partial charge >= 0.3 is 11.9 Å². The first kappa shape index (κ1) is 63.6. The Hall–Kier alpha value is -1.36. The maximum Gasteiger partial charge on any atom is 0.306 e. The van der Waals surface area contributed by atoms with E-state index in [9.17, 15) is 14.7 Å². The average Bonchev–Trinajstić information content (AvgIpc) is 3.31. The van der Waals surface area contributed by atoms with Gasteiger partial charge in [0, 0.05) is 12.8 Å². The Kier molecular flexibility index (Phi) is 55.8. The van der Waals surface area contributed by atoms with Crippen molar-refractivity contribution >= 4 is 11.9 Å². The van der Waals surface area contributed by atoms with E-state index >= 15 is 0 Å². The molecule has 0 aromatic heterocycles. The van der Waals surface area contributed by atoms with Crippen LogP contribution >= 0.6 is 0 Å². The second-order valence-electron chi connectivity index (χ2n) is 20.4. The van der Waals surface area contributed by atoms with Crippen LogP contribution in [0.25, 0.3) is 0 Å². The molecule has 0 aromatic carbocycles. The molecule has 0 heterocycles. The normalized spacial score (nSPS) is 12.1.